The lowest BCUT2D eigenvalue weighted by Gasteiger charge is -2.32. The first-order valence-corrected chi connectivity index (χ1v) is 6.60. The van der Waals surface area contributed by atoms with Gasteiger partial charge in [0.2, 0.25) is 5.91 Å². The van der Waals surface area contributed by atoms with Gasteiger partial charge in [0.25, 0.3) is 0 Å². The lowest BCUT2D eigenvalue weighted by atomic mass is 9.90. The molecule has 0 aromatic carbocycles. The molecule has 17 heavy (non-hydrogen) atoms. The fourth-order valence-corrected chi connectivity index (χ4v) is 2.11. The van der Waals surface area contributed by atoms with Crippen LogP contribution in [0, 0.1) is 5.92 Å². The number of hydrogen-bond donors (Lipinski definition) is 2. The van der Waals surface area contributed by atoms with E-state index in [0.29, 0.717) is 19.0 Å². The van der Waals surface area contributed by atoms with E-state index in [-0.39, 0.29) is 11.4 Å². The van der Waals surface area contributed by atoms with Gasteiger partial charge in [-0.1, -0.05) is 27.7 Å². The number of likely N-dealkylation sites (N-methyl/N-ethyl adjacent to an activating group) is 1. The van der Waals surface area contributed by atoms with Crippen LogP contribution >= 0.6 is 0 Å². The average molecular weight is 243 g/mol. The third-order valence-corrected chi connectivity index (χ3v) is 3.01. The molecular formula is C13H29N3O. The van der Waals surface area contributed by atoms with Gasteiger partial charge in [0.15, 0.2) is 0 Å². The van der Waals surface area contributed by atoms with Crippen molar-refractivity contribution in [2.75, 3.05) is 26.2 Å². The van der Waals surface area contributed by atoms with Gasteiger partial charge in [-0.3, -0.25) is 9.69 Å². The van der Waals surface area contributed by atoms with Gasteiger partial charge in [-0.05, 0) is 32.4 Å². The van der Waals surface area contributed by atoms with Gasteiger partial charge < -0.3 is 11.1 Å². The summed E-state index contributed by atoms with van der Waals surface area (Å²) in [6.45, 7) is 13.2. The minimum Gasteiger partial charge on any atom is -0.349 e. The summed E-state index contributed by atoms with van der Waals surface area (Å²) in [6, 6.07) is 0. The highest BCUT2D eigenvalue weighted by Gasteiger charge is 2.26. The standard InChI is InChI=1S/C13H29N3O/c1-6-16(7-2)9-12(17)15-13(5,10-14)8-11(3)4/h11H,6-10,14H2,1-5H3,(H,15,17). The summed E-state index contributed by atoms with van der Waals surface area (Å²) >= 11 is 0. The number of nitrogens with one attached hydrogen (secondary N) is 1. The van der Waals surface area contributed by atoms with Crippen LogP contribution in [0.5, 0.6) is 0 Å². The fourth-order valence-electron chi connectivity index (χ4n) is 2.11. The molecule has 0 spiro atoms. The first-order valence-electron chi connectivity index (χ1n) is 6.60. The van der Waals surface area contributed by atoms with Crippen molar-refractivity contribution in [3.63, 3.8) is 0 Å². The first kappa shape index (κ1) is 16.4. The summed E-state index contributed by atoms with van der Waals surface area (Å²) in [6.07, 6.45) is 0.910. The van der Waals surface area contributed by atoms with Crippen LogP contribution < -0.4 is 11.1 Å². The number of carbonyl (C=O) groups excluding carboxylic acids is 1. The molecule has 0 aromatic heterocycles. The van der Waals surface area contributed by atoms with E-state index in [0.717, 1.165) is 19.5 Å². The van der Waals surface area contributed by atoms with Crippen molar-refractivity contribution in [3.05, 3.63) is 0 Å². The van der Waals surface area contributed by atoms with Crippen molar-refractivity contribution in [3.8, 4) is 0 Å². The van der Waals surface area contributed by atoms with Crippen LogP contribution in [0.2, 0.25) is 0 Å². The zero-order valence-electron chi connectivity index (χ0n) is 12.0. The second-order valence-corrected chi connectivity index (χ2v) is 5.37. The van der Waals surface area contributed by atoms with Crippen LogP contribution in [0.25, 0.3) is 0 Å². The average Bonchev–Trinajstić information content (AvgIpc) is 2.24. The molecular weight excluding hydrogens is 214 g/mol. The van der Waals surface area contributed by atoms with Gasteiger partial charge in [-0.2, -0.15) is 0 Å². The largest absolute Gasteiger partial charge is 0.349 e. The quantitative estimate of drug-likeness (QED) is 0.673. The number of rotatable bonds is 8. The van der Waals surface area contributed by atoms with E-state index < -0.39 is 0 Å². The molecule has 0 saturated carbocycles. The molecule has 0 aliphatic carbocycles. The normalized spacial score (nSPS) is 15.1. The predicted octanol–water partition coefficient (Wildman–Crippen LogP) is 1.21. The summed E-state index contributed by atoms with van der Waals surface area (Å²) in [5, 5.41) is 3.07. The zero-order valence-corrected chi connectivity index (χ0v) is 12.0. The van der Waals surface area contributed by atoms with Gasteiger partial charge in [0.1, 0.15) is 0 Å². The highest BCUT2D eigenvalue weighted by molar-refractivity contribution is 5.78. The van der Waals surface area contributed by atoms with Crippen LogP contribution in [0.4, 0.5) is 0 Å². The summed E-state index contributed by atoms with van der Waals surface area (Å²) in [5.41, 5.74) is 5.49. The van der Waals surface area contributed by atoms with Gasteiger partial charge >= 0.3 is 0 Å². The fraction of sp³-hybridized carbons (Fsp3) is 0.923. The van der Waals surface area contributed by atoms with Gasteiger partial charge in [0.05, 0.1) is 6.54 Å². The van der Waals surface area contributed by atoms with E-state index in [1.54, 1.807) is 0 Å². The van der Waals surface area contributed by atoms with E-state index in [9.17, 15) is 4.79 Å². The maximum absolute atomic E-state index is 11.9. The van der Waals surface area contributed by atoms with Gasteiger partial charge in [-0.25, -0.2) is 0 Å². The molecule has 4 nitrogen and oxygen atoms in total. The number of carbonyl (C=O) groups is 1. The Labute approximate surface area is 106 Å². The second kappa shape index (κ2) is 7.67. The summed E-state index contributed by atoms with van der Waals surface area (Å²) in [7, 11) is 0. The van der Waals surface area contributed by atoms with E-state index in [1.807, 2.05) is 6.92 Å². The predicted molar refractivity (Wildman–Crippen MR) is 72.8 cm³/mol. The molecule has 0 heterocycles. The zero-order chi connectivity index (χ0) is 13.5. The SMILES string of the molecule is CCN(CC)CC(=O)NC(C)(CN)CC(C)C. The molecule has 1 unspecified atom stereocenters. The van der Waals surface area contributed by atoms with E-state index >= 15 is 0 Å². The van der Waals surface area contributed by atoms with Crippen molar-refractivity contribution in [2.24, 2.45) is 11.7 Å². The highest BCUT2D eigenvalue weighted by Crippen LogP contribution is 2.15. The Kier molecular flexibility index (Phi) is 7.39. The summed E-state index contributed by atoms with van der Waals surface area (Å²) in [5.74, 6) is 0.597. The van der Waals surface area contributed by atoms with Crippen molar-refractivity contribution in [1.29, 1.82) is 0 Å². The molecule has 0 saturated heterocycles. The number of hydrogen-bond acceptors (Lipinski definition) is 3. The summed E-state index contributed by atoms with van der Waals surface area (Å²) < 4.78 is 0. The smallest absolute Gasteiger partial charge is 0.234 e. The van der Waals surface area contributed by atoms with E-state index in [2.05, 4.69) is 37.9 Å². The van der Waals surface area contributed by atoms with Crippen LogP contribution in [-0.4, -0.2) is 42.5 Å². The maximum atomic E-state index is 11.9. The molecule has 3 N–H and O–H groups in total. The lowest BCUT2D eigenvalue weighted by molar-refractivity contribution is -0.124. The Bertz CT molecular complexity index is 227. The Morgan fingerprint density at radius 1 is 1.35 bits per heavy atom. The molecule has 1 atom stereocenters. The molecule has 102 valence electrons. The van der Waals surface area contributed by atoms with Crippen molar-refractivity contribution in [2.45, 2.75) is 46.6 Å². The maximum Gasteiger partial charge on any atom is 0.234 e. The number of nitrogens with zero attached hydrogens (tertiary/aromatic N) is 1. The highest BCUT2D eigenvalue weighted by atomic mass is 16.2. The number of nitrogens with two attached hydrogens (primary N) is 1. The molecule has 0 radical (unpaired) electrons. The van der Waals surface area contributed by atoms with Crippen LogP contribution in [0.1, 0.15) is 41.0 Å². The lowest BCUT2D eigenvalue weighted by Crippen LogP contribution is -2.54. The van der Waals surface area contributed by atoms with Gasteiger partial charge in [-0.15, -0.1) is 0 Å². The minimum atomic E-state index is -0.279. The van der Waals surface area contributed by atoms with Crippen LogP contribution in [0.3, 0.4) is 0 Å². The first-order chi connectivity index (χ1) is 7.86. The molecule has 0 aliphatic rings. The van der Waals surface area contributed by atoms with Crippen LogP contribution in [0.15, 0.2) is 0 Å². The molecule has 0 rings (SSSR count). The van der Waals surface area contributed by atoms with Crippen molar-refractivity contribution in [1.82, 2.24) is 10.2 Å². The Morgan fingerprint density at radius 2 is 1.88 bits per heavy atom. The molecule has 0 fully saturated rings. The Morgan fingerprint density at radius 3 is 2.24 bits per heavy atom. The molecule has 0 aliphatic heterocycles. The number of amides is 1. The molecule has 4 heteroatoms. The second-order valence-electron chi connectivity index (χ2n) is 5.37. The van der Waals surface area contributed by atoms with Crippen molar-refractivity contribution < 1.29 is 4.79 Å². The van der Waals surface area contributed by atoms with Gasteiger partial charge in [0, 0.05) is 12.1 Å². The van der Waals surface area contributed by atoms with Crippen LogP contribution in [-0.2, 0) is 4.79 Å². The third kappa shape index (κ3) is 6.64. The summed E-state index contributed by atoms with van der Waals surface area (Å²) in [4.78, 5) is 14.0. The monoisotopic (exact) mass is 243 g/mol. The Balaban J connectivity index is 4.32. The third-order valence-electron chi connectivity index (χ3n) is 3.01. The molecule has 0 aromatic rings. The molecule has 1 amide bonds. The molecule has 0 bridgehead atoms. The topological polar surface area (TPSA) is 58.4 Å². The van der Waals surface area contributed by atoms with Crippen molar-refractivity contribution >= 4 is 5.91 Å². The Hall–Kier alpha value is -0.610. The van der Waals surface area contributed by atoms with E-state index in [1.165, 1.54) is 0 Å². The van der Waals surface area contributed by atoms with E-state index in [4.69, 9.17) is 5.73 Å². The minimum absolute atomic E-state index is 0.0716.